The summed E-state index contributed by atoms with van der Waals surface area (Å²) >= 11 is 7.95. The first-order valence-corrected chi connectivity index (χ1v) is 15.9. The molecule has 2 N–H and O–H groups in total. The quantitative estimate of drug-likeness (QED) is 0.186. The lowest BCUT2D eigenvalue weighted by Gasteiger charge is -2.12. The molecule has 0 radical (unpaired) electrons. The number of benzene rings is 2. The van der Waals surface area contributed by atoms with Gasteiger partial charge in [0, 0.05) is 29.3 Å². The zero-order valence-electron chi connectivity index (χ0n) is 22.1. The summed E-state index contributed by atoms with van der Waals surface area (Å²) in [5.41, 5.74) is 3.39. The van der Waals surface area contributed by atoms with Crippen LogP contribution in [0.3, 0.4) is 0 Å². The number of hydrogen-bond acceptors (Lipinski definition) is 10. The van der Waals surface area contributed by atoms with E-state index in [0.29, 0.717) is 51.3 Å². The first-order chi connectivity index (χ1) is 19.6. The Morgan fingerprint density at radius 2 is 1.95 bits per heavy atom. The van der Waals surface area contributed by atoms with Crippen molar-refractivity contribution >= 4 is 55.2 Å². The van der Waals surface area contributed by atoms with Crippen LogP contribution in [-0.2, 0) is 16.4 Å². The molecular formula is C28H26ClFN6O3S2. The number of rotatable bonds is 11. The second-order valence-electron chi connectivity index (χ2n) is 9.37. The van der Waals surface area contributed by atoms with Gasteiger partial charge in [-0.2, -0.15) is 0 Å². The van der Waals surface area contributed by atoms with Crippen LogP contribution in [0.4, 0.5) is 15.9 Å². The van der Waals surface area contributed by atoms with Crippen LogP contribution in [0, 0.1) is 5.82 Å². The van der Waals surface area contributed by atoms with E-state index in [9.17, 15) is 12.8 Å². The average molecular weight is 613 g/mol. The maximum atomic E-state index is 13.4. The van der Waals surface area contributed by atoms with Crippen molar-refractivity contribution in [3.05, 3.63) is 87.8 Å². The summed E-state index contributed by atoms with van der Waals surface area (Å²) in [5.74, 6) is 0.776. The van der Waals surface area contributed by atoms with Crippen molar-refractivity contribution in [1.29, 1.82) is 0 Å². The number of fused-ring (bicyclic) bond motifs is 1. The normalized spacial score (nSPS) is 12.4. The zero-order valence-corrected chi connectivity index (χ0v) is 24.5. The third-order valence-corrected chi connectivity index (χ3v) is 8.35. The Bertz CT molecular complexity index is 1800. The van der Waals surface area contributed by atoms with Gasteiger partial charge in [-0.25, -0.2) is 27.8 Å². The number of ether oxygens (including phenoxy) is 1. The summed E-state index contributed by atoms with van der Waals surface area (Å²) in [7, 11) is -3.04. The Morgan fingerprint density at radius 3 is 2.73 bits per heavy atom. The highest BCUT2D eigenvalue weighted by atomic mass is 35.5. The first-order valence-electron chi connectivity index (χ1n) is 12.6. The second-order valence-corrected chi connectivity index (χ2v) is 12.9. The van der Waals surface area contributed by atoms with Crippen LogP contribution < -0.4 is 15.4 Å². The lowest BCUT2D eigenvalue weighted by molar-refractivity contribution is 0.306. The summed E-state index contributed by atoms with van der Waals surface area (Å²) in [4.78, 5) is 18.0. The van der Waals surface area contributed by atoms with E-state index < -0.39 is 9.84 Å². The van der Waals surface area contributed by atoms with E-state index in [-0.39, 0.29) is 24.2 Å². The van der Waals surface area contributed by atoms with E-state index >= 15 is 0 Å². The molecule has 0 aliphatic heterocycles. The highest BCUT2D eigenvalue weighted by molar-refractivity contribution is 7.90. The predicted molar refractivity (Wildman–Crippen MR) is 160 cm³/mol. The van der Waals surface area contributed by atoms with E-state index in [1.165, 1.54) is 36.1 Å². The minimum Gasteiger partial charge on any atom is -0.487 e. The third kappa shape index (κ3) is 7.53. The lowest BCUT2D eigenvalue weighted by atomic mass is 10.2. The Morgan fingerprint density at radius 1 is 1.10 bits per heavy atom. The molecule has 3 aromatic heterocycles. The SMILES string of the molecule is CC(NCCS(C)(=O)=O)c1nc(-c2cc3c(Nc4ccc(OCc5cccc(F)c5)c(Cl)c4)ncnc3cn2)cs1. The summed E-state index contributed by atoms with van der Waals surface area (Å²) in [5, 5.41) is 10.4. The van der Waals surface area contributed by atoms with Crippen molar-refractivity contribution in [1.82, 2.24) is 25.3 Å². The van der Waals surface area contributed by atoms with Crippen LogP contribution in [0.25, 0.3) is 22.3 Å². The first kappa shape index (κ1) is 28.8. The highest BCUT2D eigenvalue weighted by Crippen LogP contribution is 2.32. The number of pyridine rings is 1. The maximum Gasteiger partial charge on any atom is 0.148 e. The number of nitrogens with zero attached hydrogens (tertiary/aromatic N) is 4. The van der Waals surface area contributed by atoms with Crippen LogP contribution in [0.2, 0.25) is 5.02 Å². The average Bonchev–Trinajstić information content (AvgIpc) is 3.43. The summed E-state index contributed by atoms with van der Waals surface area (Å²) in [6.45, 7) is 2.47. The molecule has 212 valence electrons. The molecule has 41 heavy (non-hydrogen) atoms. The monoisotopic (exact) mass is 612 g/mol. The van der Waals surface area contributed by atoms with Crippen molar-refractivity contribution in [2.24, 2.45) is 0 Å². The van der Waals surface area contributed by atoms with E-state index in [4.69, 9.17) is 21.3 Å². The fourth-order valence-electron chi connectivity index (χ4n) is 3.97. The van der Waals surface area contributed by atoms with Gasteiger partial charge in [0.15, 0.2) is 0 Å². The minimum absolute atomic E-state index is 0.0630. The molecule has 2 aromatic carbocycles. The van der Waals surface area contributed by atoms with Gasteiger partial charge >= 0.3 is 0 Å². The number of aromatic nitrogens is 4. The Labute approximate surface area is 245 Å². The molecule has 0 saturated heterocycles. The van der Waals surface area contributed by atoms with Crippen molar-refractivity contribution in [3.8, 4) is 17.1 Å². The molecule has 5 aromatic rings. The van der Waals surface area contributed by atoms with Gasteiger partial charge in [0.25, 0.3) is 0 Å². The standard InChI is InChI=1S/C28H26ClFN6O3S2/c1-17(31-8-9-41(2,37)38)28-36-25(15-40-28)23-12-21-24(13-32-23)33-16-34-27(21)35-20-6-7-26(22(29)11-20)39-14-18-4-3-5-19(30)10-18/h3-7,10-13,15-17,31H,8-9,14H2,1-2H3,(H,33,34,35). The van der Waals surface area contributed by atoms with Crippen molar-refractivity contribution in [2.45, 2.75) is 19.6 Å². The van der Waals surface area contributed by atoms with Crippen LogP contribution in [0.1, 0.15) is 23.5 Å². The number of thiazole rings is 1. The topological polar surface area (TPSA) is 119 Å². The molecule has 9 nitrogen and oxygen atoms in total. The Hall–Kier alpha value is -3.71. The Kier molecular flexibility index (Phi) is 8.74. The van der Waals surface area contributed by atoms with Crippen LogP contribution in [0.15, 0.2) is 66.4 Å². The molecule has 0 amide bonds. The number of anilines is 2. The predicted octanol–water partition coefficient (Wildman–Crippen LogP) is 5.96. The summed E-state index contributed by atoms with van der Waals surface area (Å²) < 4.78 is 42.0. The van der Waals surface area contributed by atoms with Crippen LogP contribution >= 0.6 is 22.9 Å². The van der Waals surface area contributed by atoms with E-state index in [2.05, 4.69) is 25.6 Å². The number of hydrogen-bond donors (Lipinski definition) is 2. The zero-order chi connectivity index (χ0) is 29.0. The smallest absolute Gasteiger partial charge is 0.148 e. The molecule has 0 saturated carbocycles. The summed E-state index contributed by atoms with van der Waals surface area (Å²) in [6.07, 6.45) is 4.34. The molecule has 0 spiro atoms. The van der Waals surface area contributed by atoms with Crippen molar-refractivity contribution in [3.63, 3.8) is 0 Å². The third-order valence-electron chi connectivity index (χ3n) is 6.08. The molecule has 3 heterocycles. The van der Waals surface area contributed by atoms with Crippen LogP contribution in [0.5, 0.6) is 5.75 Å². The molecule has 1 atom stereocenters. The molecule has 0 aliphatic rings. The van der Waals surface area contributed by atoms with Crippen LogP contribution in [-0.4, -0.2) is 46.9 Å². The Balaban J connectivity index is 1.31. The van der Waals surface area contributed by atoms with Gasteiger partial charge in [0.1, 0.15) is 45.2 Å². The molecule has 5 rings (SSSR count). The molecule has 0 bridgehead atoms. The van der Waals surface area contributed by atoms with Crippen molar-refractivity contribution < 1.29 is 17.5 Å². The molecule has 13 heteroatoms. The molecular weight excluding hydrogens is 587 g/mol. The van der Waals surface area contributed by atoms with E-state index in [1.807, 2.05) is 24.4 Å². The fourth-order valence-corrected chi connectivity index (χ4v) is 5.54. The number of halogens is 2. The van der Waals surface area contributed by atoms with Gasteiger partial charge in [-0.1, -0.05) is 23.7 Å². The van der Waals surface area contributed by atoms with E-state index in [0.717, 1.165) is 10.4 Å². The summed E-state index contributed by atoms with van der Waals surface area (Å²) in [6, 6.07) is 13.2. The van der Waals surface area contributed by atoms with Gasteiger partial charge < -0.3 is 15.4 Å². The van der Waals surface area contributed by atoms with Gasteiger partial charge in [0.05, 0.1) is 39.9 Å². The fraction of sp³-hybridized carbons (Fsp3) is 0.214. The highest BCUT2D eigenvalue weighted by Gasteiger charge is 2.15. The number of sulfone groups is 1. The van der Waals surface area contributed by atoms with Gasteiger partial charge in [-0.15, -0.1) is 11.3 Å². The molecule has 1 unspecified atom stereocenters. The molecule has 0 fully saturated rings. The van der Waals surface area contributed by atoms with Gasteiger partial charge in [-0.3, -0.25) is 4.98 Å². The van der Waals surface area contributed by atoms with Gasteiger partial charge in [-0.05, 0) is 48.9 Å². The largest absolute Gasteiger partial charge is 0.487 e. The maximum absolute atomic E-state index is 13.4. The van der Waals surface area contributed by atoms with Gasteiger partial charge in [0.2, 0.25) is 0 Å². The van der Waals surface area contributed by atoms with Crippen molar-refractivity contribution in [2.75, 3.05) is 23.9 Å². The van der Waals surface area contributed by atoms with E-state index in [1.54, 1.807) is 30.5 Å². The number of nitrogens with one attached hydrogen (secondary N) is 2. The molecule has 0 aliphatic carbocycles. The minimum atomic E-state index is -3.04. The second kappa shape index (κ2) is 12.4. The lowest BCUT2D eigenvalue weighted by Crippen LogP contribution is -2.25.